The van der Waals surface area contributed by atoms with Crippen LogP contribution < -0.4 is 0 Å². The molecule has 0 aromatic heterocycles. The zero-order valence-electron chi connectivity index (χ0n) is 12.1. The summed E-state index contributed by atoms with van der Waals surface area (Å²) in [6.45, 7) is 9.95. The van der Waals surface area contributed by atoms with E-state index >= 15 is 0 Å². The first-order chi connectivity index (χ1) is 8.30. The molecule has 0 saturated heterocycles. The van der Waals surface area contributed by atoms with Crippen LogP contribution in [-0.2, 0) is 14.4 Å². The monoisotopic (exact) mass is 253 g/mol. The second-order valence-electron chi connectivity index (χ2n) is 5.65. The van der Waals surface area contributed by atoms with Crippen molar-refractivity contribution >= 4 is 12.2 Å². The number of hydrogen-bond acceptors (Lipinski definition) is 4. The van der Waals surface area contributed by atoms with Gasteiger partial charge < -0.3 is 9.57 Å². The normalized spacial score (nSPS) is 26.5. The number of esters is 1. The summed E-state index contributed by atoms with van der Waals surface area (Å²) in [6.07, 6.45) is 3.83. The van der Waals surface area contributed by atoms with E-state index in [2.05, 4.69) is 25.1 Å². The average Bonchev–Trinajstić information content (AvgIpc) is 2.78. The van der Waals surface area contributed by atoms with Gasteiger partial charge >= 0.3 is 5.97 Å². The number of methoxy groups -OCH3 is 1. The van der Waals surface area contributed by atoms with Crippen molar-refractivity contribution in [2.24, 2.45) is 22.4 Å². The third-order valence-electron chi connectivity index (χ3n) is 3.34. The summed E-state index contributed by atoms with van der Waals surface area (Å²) in [7, 11) is 1.43. The molecule has 0 heterocycles. The highest BCUT2D eigenvalue weighted by Gasteiger charge is 2.61. The molecule has 0 aliphatic heterocycles. The van der Waals surface area contributed by atoms with Crippen LogP contribution in [0.25, 0.3) is 0 Å². The molecule has 4 nitrogen and oxygen atoms in total. The second kappa shape index (κ2) is 5.55. The van der Waals surface area contributed by atoms with Gasteiger partial charge in [0.05, 0.1) is 19.2 Å². The average molecular weight is 253 g/mol. The fourth-order valence-corrected chi connectivity index (χ4v) is 2.13. The molecule has 2 atom stereocenters. The van der Waals surface area contributed by atoms with Crippen LogP contribution in [0.3, 0.4) is 0 Å². The zero-order valence-corrected chi connectivity index (χ0v) is 12.1. The summed E-state index contributed by atoms with van der Waals surface area (Å²) in [5, 5.41) is 3.88. The van der Waals surface area contributed by atoms with E-state index in [0.717, 1.165) is 5.57 Å². The molecule has 0 bridgehead atoms. The van der Waals surface area contributed by atoms with Crippen molar-refractivity contribution in [3.8, 4) is 0 Å². The molecule has 4 heteroatoms. The van der Waals surface area contributed by atoms with Gasteiger partial charge in [0.25, 0.3) is 0 Å². The summed E-state index contributed by atoms with van der Waals surface area (Å²) in [6, 6.07) is 0. The molecule has 1 saturated carbocycles. The predicted octanol–water partition coefficient (Wildman–Crippen LogP) is 2.79. The van der Waals surface area contributed by atoms with Gasteiger partial charge in [-0.05, 0) is 37.7 Å². The Bertz CT molecular complexity index is 369. The molecule has 1 fully saturated rings. The minimum absolute atomic E-state index is 0.0267. The zero-order chi connectivity index (χ0) is 13.9. The van der Waals surface area contributed by atoms with Gasteiger partial charge in [-0.2, -0.15) is 0 Å². The molecule has 1 rings (SSSR count). The molecular formula is C14H23NO3. The highest BCUT2D eigenvalue weighted by atomic mass is 16.6. The van der Waals surface area contributed by atoms with Crippen molar-refractivity contribution in [3.63, 3.8) is 0 Å². The van der Waals surface area contributed by atoms with Gasteiger partial charge in [-0.1, -0.05) is 25.1 Å². The number of carbonyl (C=O) groups excluding carboxylic acids is 1. The lowest BCUT2D eigenvalue weighted by molar-refractivity contribution is -0.143. The van der Waals surface area contributed by atoms with Crippen molar-refractivity contribution in [2.45, 2.75) is 40.7 Å². The standard InChI is InChI=1S/C14H23NO3/c1-9(2)18-15-8-10(3)7-11-12(13(16)17-6)14(11,4)5/h7-9,11-12H,1-6H3/t11-,12+/m1/s1. The first-order valence-electron chi connectivity index (χ1n) is 6.26. The summed E-state index contributed by atoms with van der Waals surface area (Å²) < 4.78 is 4.81. The highest BCUT2D eigenvalue weighted by molar-refractivity contribution is 5.80. The first kappa shape index (κ1) is 14.7. The second-order valence-corrected chi connectivity index (χ2v) is 5.65. The van der Waals surface area contributed by atoms with Crippen molar-refractivity contribution in [2.75, 3.05) is 7.11 Å². The van der Waals surface area contributed by atoms with Crippen LogP contribution in [0, 0.1) is 17.3 Å². The van der Waals surface area contributed by atoms with Crippen LogP contribution in [0.2, 0.25) is 0 Å². The van der Waals surface area contributed by atoms with Gasteiger partial charge in [0.1, 0.15) is 6.10 Å². The number of ether oxygens (including phenoxy) is 1. The predicted molar refractivity (Wildman–Crippen MR) is 71.2 cm³/mol. The maximum atomic E-state index is 11.6. The topological polar surface area (TPSA) is 47.9 Å². The van der Waals surface area contributed by atoms with Gasteiger partial charge in [-0.25, -0.2) is 0 Å². The van der Waals surface area contributed by atoms with E-state index in [1.807, 2.05) is 20.8 Å². The molecule has 0 aromatic carbocycles. The van der Waals surface area contributed by atoms with Gasteiger partial charge in [0, 0.05) is 0 Å². The molecule has 1 aliphatic rings. The van der Waals surface area contributed by atoms with Crippen molar-refractivity contribution in [1.82, 2.24) is 0 Å². The quantitative estimate of drug-likeness (QED) is 0.430. The Hall–Kier alpha value is -1.32. The molecule has 1 aliphatic carbocycles. The van der Waals surface area contributed by atoms with Gasteiger partial charge in [0.15, 0.2) is 0 Å². The van der Waals surface area contributed by atoms with Crippen LogP contribution in [0.4, 0.5) is 0 Å². The van der Waals surface area contributed by atoms with E-state index in [1.54, 1.807) is 6.21 Å². The SMILES string of the molecule is COC(=O)[C@@H]1[C@@H](C=C(C)C=NOC(C)C)C1(C)C. The summed E-state index contributed by atoms with van der Waals surface area (Å²) in [4.78, 5) is 16.7. The van der Waals surface area contributed by atoms with Gasteiger partial charge in [-0.3, -0.25) is 4.79 Å². The number of rotatable bonds is 5. The molecular weight excluding hydrogens is 230 g/mol. The summed E-state index contributed by atoms with van der Waals surface area (Å²) in [5.74, 6) is 0.0386. The lowest BCUT2D eigenvalue weighted by Gasteiger charge is -2.01. The Morgan fingerprint density at radius 3 is 2.50 bits per heavy atom. The highest BCUT2D eigenvalue weighted by Crippen LogP contribution is 2.59. The van der Waals surface area contributed by atoms with E-state index in [-0.39, 0.29) is 29.3 Å². The minimum atomic E-state index is -0.135. The number of nitrogens with zero attached hydrogens (tertiary/aromatic N) is 1. The van der Waals surface area contributed by atoms with E-state index in [0.29, 0.717) is 0 Å². The maximum absolute atomic E-state index is 11.6. The van der Waals surface area contributed by atoms with Crippen LogP contribution >= 0.6 is 0 Å². The molecule has 0 aromatic rings. The van der Waals surface area contributed by atoms with Crippen LogP contribution in [0.5, 0.6) is 0 Å². The molecule has 0 unspecified atom stereocenters. The largest absolute Gasteiger partial charge is 0.469 e. The van der Waals surface area contributed by atoms with Crippen molar-refractivity contribution in [3.05, 3.63) is 11.6 Å². The van der Waals surface area contributed by atoms with Crippen molar-refractivity contribution < 1.29 is 14.4 Å². The molecule has 102 valence electrons. The first-order valence-corrected chi connectivity index (χ1v) is 6.26. The Kier molecular flexibility index (Phi) is 4.54. The van der Waals surface area contributed by atoms with E-state index in [9.17, 15) is 4.79 Å². The Morgan fingerprint density at radius 1 is 1.39 bits per heavy atom. The molecule has 18 heavy (non-hydrogen) atoms. The molecule has 0 amide bonds. The lowest BCUT2D eigenvalue weighted by atomic mass is 10.1. The van der Waals surface area contributed by atoms with Crippen molar-refractivity contribution in [1.29, 1.82) is 0 Å². The molecule has 0 radical (unpaired) electrons. The van der Waals surface area contributed by atoms with Gasteiger partial charge in [0.2, 0.25) is 0 Å². The van der Waals surface area contributed by atoms with Crippen LogP contribution in [0.1, 0.15) is 34.6 Å². The minimum Gasteiger partial charge on any atom is -0.469 e. The number of hydrogen-bond donors (Lipinski definition) is 0. The number of allylic oxidation sites excluding steroid dienone is 2. The van der Waals surface area contributed by atoms with Gasteiger partial charge in [-0.15, -0.1) is 0 Å². The third kappa shape index (κ3) is 3.34. The maximum Gasteiger partial charge on any atom is 0.309 e. The number of carbonyl (C=O) groups is 1. The fraction of sp³-hybridized carbons (Fsp3) is 0.714. The van der Waals surface area contributed by atoms with Crippen LogP contribution in [0.15, 0.2) is 16.8 Å². The number of oxime groups is 1. The molecule has 0 N–H and O–H groups in total. The van der Waals surface area contributed by atoms with E-state index in [1.165, 1.54) is 7.11 Å². The Balaban J connectivity index is 2.62. The van der Waals surface area contributed by atoms with Crippen LogP contribution in [-0.4, -0.2) is 25.4 Å². The Morgan fingerprint density at radius 2 is 2.00 bits per heavy atom. The van der Waals surface area contributed by atoms with E-state index in [4.69, 9.17) is 9.57 Å². The lowest BCUT2D eigenvalue weighted by Crippen LogP contribution is -2.07. The third-order valence-corrected chi connectivity index (χ3v) is 3.34. The summed E-state index contributed by atoms with van der Waals surface area (Å²) >= 11 is 0. The smallest absolute Gasteiger partial charge is 0.309 e. The summed E-state index contributed by atoms with van der Waals surface area (Å²) in [5.41, 5.74) is 0.973. The molecule has 0 spiro atoms. The Labute approximate surface area is 109 Å². The van der Waals surface area contributed by atoms with E-state index < -0.39 is 0 Å². The fourth-order valence-electron chi connectivity index (χ4n) is 2.13.